The summed E-state index contributed by atoms with van der Waals surface area (Å²) < 4.78 is 36.2. The molecule has 0 N–H and O–H groups in total. The van der Waals surface area contributed by atoms with Crippen LogP contribution in [0.25, 0.3) is 0 Å². The van der Waals surface area contributed by atoms with Crippen LogP contribution in [0.15, 0.2) is 53.4 Å². The van der Waals surface area contributed by atoms with Crippen molar-refractivity contribution < 1.29 is 17.6 Å². The van der Waals surface area contributed by atoms with Gasteiger partial charge in [0.1, 0.15) is 5.82 Å². The van der Waals surface area contributed by atoms with E-state index in [4.69, 9.17) is 0 Å². The third-order valence-electron chi connectivity index (χ3n) is 4.01. The van der Waals surface area contributed by atoms with E-state index in [2.05, 4.69) is 0 Å². The van der Waals surface area contributed by atoms with E-state index >= 15 is 0 Å². The highest BCUT2D eigenvalue weighted by Crippen LogP contribution is 2.21. The van der Waals surface area contributed by atoms with Gasteiger partial charge in [-0.25, -0.2) is 12.8 Å². The van der Waals surface area contributed by atoms with Crippen molar-refractivity contribution in [3.8, 4) is 0 Å². The molecule has 24 heavy (non-hydrogen) atoms. The van der Waals surface area contributed by atoms with Crippen molar-refractivity contribution in [2.75, 3.05) is 13.3 Å². The van der Waals surface area contributed by atoms with Crippen LogP contribution in [0.1, 0.15) is 24.1 Å². The fourth-order valence-electron chi connectivity index (χ4n) is 2.38. The van der Waals surface area contributed by atoms with Gasteiger partial charge in [-0.1, -0.05) is 24.3 Å². The summed E-state index contributed by atoms with van der Waals surface area (Å²) in [5.41, 5.74) is 1.45. The highest BCUT2D eigenvalue weighted by atomic mass is 32.2. The topological polar surface area (TPSA) is 54.5 Å². The van der Waals surface area contributed by atoms with Crippen molar-refractivity contribution in [3.63, 3.8) is 0 Å². The highest BCUT2D eigenvalue weighted by Gasteiger charge is 2.18. The summed E-state index contributed by atoms with van der Waals surface area (Å²) in [5.74, 6) is -0.507. The van der Waals surface area contributed by atoms with Crippen LogP contribution in [-0.2, 0) is 21.1 Å². The maximum absolute atomic E-state index is 13.2. The predicted octanol–water partition coefficient (Wildman–Crippen LogP) is 2.99. The standard InChI is InChI=1S/C18H20FNO3S/c1-13(15-7-9-17(10-8-15)24(3,22)23)20(2)18(21)12-14-5-4-6-16(19)11-14/h4-11,13H,12H2,1-3H3/t13-/m1/s1. The number of likely N-dealkylation sites (N-methyl/N-ethyl adjacent to an activating group) is 1. The van der Waals surface area contributed by atoms with Crippen LogP contribution < -0.4 is 0 Å². The maximum atomic E-state index is 13.2. The first-order chi connectivity index (χ1) is 11.2. The molecule has 128 valence electrons. The van der Waals surface area contributed by atoms with Gasteiger partial charge in [0.05, 0.1) is 17.4 Å². The lowest BCUT2D eigenvalue weighted by atomic mass is 10.1. The summed E-state index contributed by atoms with van der Waals surface area (Å²) in [4.78, 5) is 14.2. The zero-order valence-corrected chi connectivity index (χ0v) is 14.7. The first-order valence-corrected chi connectivity index (χ1v) is 9.38. The number of amides is 1. The third kappa shape index (κ3) is 4.41. The second-order valence-corrected chi connectivity index (χ2v) is 7.84. The van der Waals surface area contributed by atoms with Gasteiger partial charge in [0, 0.05) is 13.3 Å². The van der Waals surface area contributed by atoms with E-state index in [0.717, 1.165) is 11.8 Å². The first-order valence-electron chi connectivity index (χ1n) is 7.48. The third-order valence-corrected chi connectivity index (χ3v) is 5.14. The van der Waals surface area contributed by atoms with Gasteiger partial charge in [0.15, 0.2) is 9.84 Å². The molecule has 1 amide bonds. The monoisotopic (exact) mass is 349 g/mol. The molecular formula is C18H20FNO3S. The van der Waals surface area contributed by atoms with Crippen molar-refractivity contribution in [1.82, 2.24) is 4.90 Å². The number of sulfone groups is 1. The molecule has 6 heteroatoms. The van der Waals surface area contributed by atoms with Gasteiger partial charge < -0.3 is 4.90 Å². The van der Waals surface area contributed by atoms with Crippen molar-refractivity contribution >= 4 is 15.7 Å². The molecule has 0 saturated heterocycles. The molecule has 1 atom stereocenters. The molecule has 0 aliphatic heterocycles. The second kappa shape index (κ2) is 7.13. The summed E-state index contributed by atoms with van der Waals surface area (Å²) in [6.07, 6.45) is 1.26. The van der Waals surface area contributed by atoms with E-state index in [9.17, 15) is 17.6 Å². The van der Waals surface area contributed by atoms with Gasteiger partial charge in [-0.2, -0.15) is 0 Å². The van der Waals surface area contributed by atoms with E-state index in [1.165, 1.54) is 24.3 Å². The minimum atomic E-state index is -3.24. The van der Waals surface area contributed by atoms with E-state index in [1.807, 2.05) is 6.92 Å². The van der Waals surface area contributed by atoms with E-state index in [1.54, 1.807) is 36.2 Å². The second-order valence-electron chi connectivity index (χ2n) is 5.83. The van der Waals surface area contributed by atoms with E-state index in [0.29, 0.717) is 5.56 Å². The minimum absolute atomic E-state index is 0.111. The summed E-state index contributed by atoms with van der Waals surface area (Å²) in [6, 6.07) is 12.2. The van der Waals surface area contributed by atoms with Crippen LogP contribution in [0.3, 0.4) is 0 Å². The number of halogens is 1. The summed E-state index contributed by atoms with van der Waals surface area (Å²) in [7, 11) is -1.57. The molecule has 0 saturated carbocycles. The summed E-state index contributed by atoms with van der Waals surface area (Å²) in [5, 5.41) is 0. The molecule has 0 aliphatic carbocycles. The Kier molecular flexibility index (Phi) is 5.39. The Morgan fingerprint density at radius 2 is 1.79 bits per heavy atom. The van der Waals surface area contributed by atoms with Gasteiger partial charge in [0.2, 0.25) is 5.91 Å². The highest BCUT2D eigenvalue weighted by molar-refractivity contribution is 7.90. The van der Waals surface area contributed by atoms with Gasteiger partial charge in [-0.05, 0) is 42.3 Å². The van der Waals surface area contributed by atoms with Crippen LogP contribution in [0.2, 0.25) is 0 Å². The van der Waals surface area contributed by atoms with E-state index < -0.39 is 9.84 Å². The number of nitrogens with zero attached hydrogens (tertiary/aromatic N) is 1. The molecular weight excluding hydrogens is 329 g/mol. The van der Waals surface area contributed by atoms with Gasteiger partial charge in [-0.15, -0.1) is 0 Å². The van der Waals surface area contributed by atoms with Gasteiger partial charge in [0.25, 0.3) is 0 Å². The Labute approximate surface area is 141 Å². The Bertz CT molecular complexity index is 832. The lowest BCUT2D eigenvalue weighted by molar-refractivity contribution is -0.131. The van der Waals surface area contributed by atoms with Crippen molar-refractivity contribution in [3.05, 3.63) is 65.5 Å². The van der Waals surface area contributed by atoms with Crippen LogP contribution in [-0.4, -0.2) is 32.5 Å². The average Bonchev–Trinajstić information content (AvgIpc) is 2.52. The Balaban J connectivity index is 2.10. The maximum Gasteiger partial charge on any atom is 0.227 e. The zero-order chi connectivity index (χ0) is 17.9. The van der Waals surface area contributed by atoms with Gasteiger partial charge in [-0.3, -0.25) is 4.79 Å². The van der Waals surface area contributed by atoms with Crippen LogP contribution in [0.4, 0.5) is 4.39 Å². The first kappa shape index (κ1) is 18.1. The molecule has 0 radical (unpaired) electrons. The number of rotatable bonds is 5. The molecule has 0 unspecified atom stereocenters. The molecule has 0 aromatic heterocycles. The van der Waals surface area contributed by atoms with Crippen LogP contribution in [0.5, 0.6) is 0 Å². The number of hydrogen-bond acceptors (Lipinski definition) is 3. The Morgan fingerprint density at radius 1 is 1.17 bits per heavy atom. The lowest BCUT2D eigenvalue weighted by Gasteiger charge is -2.25. The smallest absolute Gasteiger partial charge is 0.227 e. The van der Waals surface area contributed by atoms with Crippen LogP contribution >= 0.6 is 0 Å². The van der Waals surface area contributed by atoms with Crippen molar-refractivity contribution in [1.29, 1.82) is 0 Å². The number of hydrogen-bond donors (Lipinski definition) is 0. The lowest BCUT2D eigenvalue weighted by Crippen LogP contribution is -2.31. The molecule has 4 nitrogen and oxygen atoms in total. The molecule has 2 aromatic rings. The largest absolute Gasteiger partial charge is 0.339 e. The number of carbonyl (C=O) groups is 1. The minimum Gasteiger partial charge on any atom is -0.339 e. The van der Waals surface area contributed by atoms with Crippen molar-refractivity contribution in [2.24, 2.45) is 0 Å². The molecule has 2 rings (SSSR count). The summed E-state index contributed by atoms with van der Waals surface area (Å²) in [6.45, 7) is 1.86. The SMILES string of the molecule is C[C@H](c1ccc(S(C)(=O)=O)cc1)N(C)C(=O)Cc1cccc(F)c1. The number of carbonyl (C=O) groups excluding carboxylic acids is 1. The fraction of sp³-hybridized carbons (Fsp3) is 0.278. The van der Waals surface area contributed by atoms with Crippen molar-refractivity contribution in [2.45, 2.75) is 24.3 Å². The molecule has 2 aromatic carbocycles. The molecule has 0 heterocycles. The Morgan fingerprint density at radius 3 is 2.33 bits per heavy atom. The zero-order valence-electron chi connectivity index (χ0n) is 13.9. The predicted molar refractivity (Wildman–Crippen MR) is 90.8 cm³/mol. The number of benzene rings is 2. The van der Waals surface area contributed by atoms with Crippen LogP contribution in [0, 0.1) is 5.82 Å². The molecule has 0 bridgehead atoms. The quantitative estimate of drug-likeness (QED) is 0.834. The van der Waals surface area contributed by atoms with E-state index in [-0.39, 0.29) is 29.1 Å². The molecule has 0 aliphatic rings. The van der Waals surface area contributed by atoms with Gasteiger partial charge >= 0.3 is 0 Å². The average molecular weight is 349 g/mol. The fourth-order valence-corrected chi connectivity index (χ4v) is 3.01. The Hall–Kier alpha value is -2.21. The molecule has 0 fully saturated rings. The molecule has 0 spiro atoms. The normalized spacial score (nSPS) is 12.7. The summed E-state index contributed by atoms with van der Waals surface area (Å²) >= 11 is 0.